The number of ether oxygens (including phenoxy) is 3. The predicted molar refractivity (Wildman–Crippen MR) is 114 cm³/mol. The number of aromatic amines is 1. The normalized spacial score (nSPS) is 14.6. The minimum absolute atomic E-state index is 0.217. The second kappa shape index (κ2) is 9.15. The molecule has 8 heteroatoms. The zero-order chi connectivity index (χ0) is 20.9. The summed E-state index contributed by atoms with van der Waals surface area (Å²) in [7, 11) is 1.57. The van der Waals surface area contributed by atoms with Gasteiger partial charge in [0.05, 0.1) is 44.5 Å². The molecule has 2 aromatic carbocycles. The zero-order valence-corrected chi connectivity index (χ0v) is 17.2. The molecular formula is C22H26N4O4. The van der Waals surface area contributed by atoms with Gasteiger partial charge in [-0.25, -0.2) is 4.98 Å². The molecule has 1 amide bonds. The SMILES string of the molecule is CCOc1cc(C(=O)Nc2ccc3nc(CN4CCOCC4)[nH]c3c2)ccc1OC. The monoisotopic (exact) mass is 410 g/mol. The van der Waals surface area contributed by atoms with Gasteiger partial charge >= 0.3 is 0 Å². The van der Waals surface area contributed by atoms with Crippen molar-refractivity contribution in [1.82, 2.24) is 14.9 Å². The molecule has 0 saturated carbocycles. The van der Waals surface area contributed by atoms with Crippen molar-refractivity contribution < 1.29 is 19.0 Å². The lowest BCUT2D eigenvalue weighted by atomic mass is 10.1. The number of H-pyrrole nitrogens is 1. The van der Waals surface area contributed by atoms with E-state index in [1.165, 1.54) is 0 Å². The molecule has 1 aliphatic heterocycles. The Labute approximate surface area is 175 Å². The van der Waals surface area contributed by atoms with Gasteiger partial charge in [-0.1, -0.05) is 0 Å². The van der Waals surface area contributed by atoms with Gasteiger partial charge in [0, 0.05) is 24.3 Å². The number of nitrogens with one attached hydrogen (secondary N) is 2. The Kier molecular flexibility index (Phi) is 6.15. The quantitative estimate of drug-likeness (QED) is 0.622. The smallest absolute Gasteiger partial charge is 0.255 e. The first kappa shape index (κ1) is 20.2. The largest absolute Gasteiger partial charge is 0.493 e. The zero-order valence-electron chi connectivity index (χ0n) is 17.2. The highest BCUT2D eigenvalue weighted by Gasteiger charge is 2.14. The molecule has 158 valence electrons. The number of carbonyl (C=O) groups is 1. The van der Waals surface area contributed by atoms with Crippen molar-refractivity contribution in [3.63, 3.8) is 0 Å². The van der Waals surface area contributed by atoms with Crippen molar-refractivity contribution in [3.8, 4) is 11.5 Å². The van der Waals surface area contributed by atoms with Crippen LogP contribution in [0.25, 0.3) is 11.0 Å². The second-order valence-corrected chi connectivity index (χ2v) is 7.06. The average Bonchev–Trinajstić information content (AvgIpc) is 3.16. The van der Waals surface area contributed by atoms with Crippen LogP contribution in [0.1, 0.15) is 23.1 Å². The molecule has 8 nitrogen and oxygen atoms in total. The van der Waals surface area contributed by atoms with Gasteiger partial charge in [0.1, 0.15) is 5.82 Å². The van der Waals surface area contributed by atoms with Gasteiger partial charge in [-0.3, -0.25) is 9.69 Å². The number of hydrogen-bond acceptors (Lipinski definition) is 6. The highest BCUT2D eigenvalue weighted by molar-refractivity contribution is 6.05. The van der Waals surface area contributed by atoms with Crippen LogP contribution < -0.4 is 14.8 Å². The Morgan fingerprint density at radius 3 is 2.80 bits per heavy atom. The van der Waals surface area contributed by atoms with Crippen molar-refractivity contribution >= 4 is 22.6 Å². The fourth-order valence-corrected chi connectivity index (χ4v) is 3.48. The van der Waals surface area contributed by atoms with Crippen LogP contribution >= 0.6 is 0 Å². The first-order valence-corrected chi connectivity index (χ1v) is 10.1. The van der Waals surface area contributed by atoms with E-state index in [4.69, 9.17) is 14.2 Å². The van der Waals surface area contributed by atoms with Gasteiger partial charge < -0.3 is 24.5 Å². The van der Waals surface area contributed by atoms with E-state index >= 15 is 0 Å². The van der Waals surface area contributed by atoms with Gasteiger partial charge in [-0.05, 0) is 43.3 Å². The van der Waals surface area contributed by atoms with Crippen LogP contribution in [0.4, 0.5) is 5.69 Å². The van der Waals surface area contributed by atoms with Crippen LogP contribution in [0.15, 0.2) is 36.4 Å². The summed E-state index contributed by atoms with van der Waals surface area (Å²) < 4.78 is 16.2. The summed E-state index contributed by atoms with van der Waals surface area (Å²) in [5, 5.41) is 2.94. The summed E-state index contributed by atoms with van der Waals surface area (Å²) in [5.74, 6) is 1.84. The van der Waals surface area contributed by atoms with E-state index in [0.717, 1.165) is 49.7 Å². The molecule has 0 radical (unpaired) electrons. The molecule has 0 aliphatic carbocycles. The third kappa shape index (κ3) is 4.55. The number of hydrogen-bond donors (Lipinski definition) is 2. The molecule has 1 saturated heterocycles. The number of methoxy groups -OCH3 is 1. The highest BCUT2D eigenvalue weighted by Crippen LogP contribution is 2.28. The third-order valence-electron chi connectivity index (χ3n) is 4.99. The first-order chi connectivity index (χ1) is 14.7. The Morgan fingerprint density at radius 2 is 2.03 bits per heavy atom. The highest BCUT2D eigenvalue weighted by atomic mass is 16.5. The van der Waals surface area contributed by atoms with E-state index in [1.54, 1.807) is 25.3 Å². The van der Waals surface area contributed by atoms with Crippen molar-refractivity contribution in [2.45, 2.75) is 13.5 Å². The molecule has 3 aromatic rings. The van der Waals surface area contributed by atoms with Crippen LogP contribution in [0.5, 0.6) is 11.5 Å². The summed E-state index contributed by atoms with van der Waals surface area (Å²) in [6.07, 6.45) is 0. The number of carbonyl (C=O) groups excluding carboxylic acids is 1. The topological polar surface area (TPSA) is 88.7 Å². The number of benzene rings is 2. The van der Waals surface area contributed by atoms with Crippen molar-refractivity contribution in [2.24, 2.45) is 0 Å². The molecular weight excluding hydrogens is 384 g/mol. The fourth-order valence-electron chi connectivity index (χ4n) is 3.48. The second-order valence-electron chi connectivity index (χ2n) is 7.06. The Bertz CT molecular complexity index is 1030. The number of amides is 1. The molecule has 2 heterocycles. The molecule has 1 fully saturated rings. The minimum atomic E-state index is -0.217. The first-order valence-electron chi connectivity index (χ1n) is 10.1. The van der Waals surface area contributed by atoms with Gasteiger partial charge in [0.2, 0.25) is 0 Å². The number of aromatic nitrogens is 2. The van der Waals surface area contributed by atoms with Gasteiger partial charge in [-0.15, -0.1) is 0 Å². The van der Waals surface area contributed by atoms with E-state index in [1.807, 2.05) is 25.1 Å². The Hall–Kier alpha value is -3.10. The molecule has 1 aliphatic rings. The maximum absolute atomic E-state index is 12.7. The molecule has 0 bridgehead atoms. The van der Waals surface area contributed by atoms with Crippen LogP contribution in [-0.4, -0.2) is 60.8 Å². The van der Waals surface area contributed by atoms with Gasteiger partial charge in [0.25, 0.3) is 5.91 Å². The van der Waals surface area contributed by atoms with Crippen molar-refractivity contribution in [3.05, 3.63) is 47.8 Å². The Balaban J connectivity index is 1.48. The fraction of sp³-hybridized carbons (Fsp3) is 0.364. The minimum Gasteiger partial charge on any atom is -0.493 e. The summed E-state index contributed by atoms with van der Waals surface area (Å²) in [6.45, 7) is 6.46. The molecule has 30 heavy (non-hydrogen) atoms. The van der Waals surface area contributed by atoms with Crippen LogP contribution in [-0.2, 0) is 11.3 Å². The van der Waals surface area contributed by atoms with Gasteiger partial charge in [-0.2, -0.15) is 0 Å². The Morgan fingerprint density at radius 1 is 1.20 bits per heavy atom. The summed E-state index contributed by atoms with van der Waals surface area (Å²) in [6, 6.07) is 10.8. The molecule has 1 aromatic heterocycles. The average molecular weight is 410 g/mol. The van der Waals surface area contributed by atoms with Gasteiger partial charge in [0.15, 0.2) is 11.5 Å². The molecule has 0 atom stereocenters. The summed E-state index contributed by atoms with van der Waals surface area (Å²) >= 11 is 0. The number of fused-ring (bicyclic) bond motifs is 1. The number of morpholine rings is 1. The summed E-state index contributed by atoms with van der Waals surface area (Å²) in [5.41, 5.74) is 2.96. The van der Waals surface area contributed by atoms with E-state index < -0.39 is 0 Å². The third-order valence-corrected chi connectivity index (χ3v) is 4.99. The van der Waals surface area contributed by atoms with E-state index in [0.29, 0.717) is 29.4 Å². The molecule has 2 N–H and O–H groups in total. The standard InChI is InChI=1S/C22H26N4O4/c1-3-30-20-12-15(4-7-19(20)28-2)22(27)23-16-5-6-17-18(13-16)25-21(24-17)14-26-8-10-29-11-9-26/h4-7,12-13H,3,8-11,14H2,1-2H3,(H,23,27)(H,24,25). The number of imidazole rings is 1. The van der Waals surface area contributed by atoms with E-state index in [2.05, 4.69) is 20.2 Å². The van der Waals surface area contributed by atoms with Crippen molar-refractivity contribution in [1.29, 1.82) is 0 Å². The number of anilines is 1. The molecule has 4 rings (SSSR count). The van der Waals surface area contributed by atoms with Crippen LogP contribution in [0.2, 0.25) is 0 Å². The number of nitrogens with zero attached hydrogens (tertiary/aromatic N) is 2. The molecule has 0 spiro atoms. The maximum atomic E-state index is 12.7. The summed E-state index contributed by atoms with van der Waals surface area (Å²) in [4.78, 5) is 23.0. The van der Waals surface area contributed by atoms with E-state index in [-0.39, 0.29) is 5.91 Å². The van der Waals surface area contributed by atoms with Crippen LogP contribution in [0, 0.1) is 0 Å². The van der Waals surface area contributed by atoms with Crippen LogP contribution in [0.3, 0.4) is 0 Å². The lowest BCUT2D eigenvalue weighted by Crippen LogP contribution is -2.35. The van der Waals surface area contributed by atoms with E-state index in [9.17, 15) is 4.79 Å². The lowest BCUT2D eigenvalue weighted by Gasteiger charge is -2.25. The lowest BCUT2D eigenvalue weighted by molar-refractivity contribution is 0.0332. The maximum Gasteiger partial charge on any atom is 0.255 e. The van der Waals surface area contributed by atoms with Crippen molar-refractivity contribution in [2.75, 3.05) is 45.3 Å². The number of rotatable bonds is 7. The molecule has 0 unspecified atom stereocenters. The predicted octanol–water partition coefficient (Wildman–Crippen LogP) is 3.05.